The molecule has 0 spiro atoms. The number of aliphatic hydroxyl groups is 1. The predicted molar refractivity (Wildman–Crippen MR) is 92.7 cm³/mol. The van der Waals surface area contributed by atoms with Crippen molar-refractivity contribution in [3.05, 3.63) is 47.8 Å². The Morgan fingerprint density at radius 1 is 1.29 bits per heavy atom. The number of alkyl halides is 3. The number of ether oxygens (including phenoxy) is 2. The van der Waals surface area contributed by atoms with Crippen molar-refractivity contribution in [2.24, 2.45) is 0 Å². The van der Waals surface area contributed by atoms with Gasteiger partial charge in [0, 0.05) is 17.2 Å². The summed E-state index contributed by atoms with van der Waals surface area (Å²) in [6.45, 7) is 1.61. The van der Waals surface area contributed by atoms with Gasteiger partial charge in [0.1, 0.15) is 12.4 Å². The molecule has 28 heavy (non-hydrogen) atoms. The Morgan fingerprint density at radius 2 is 2.00 bits per heavy atom. The number of esters is 1. The predicted octanol–water partition coefficient (Wildman–Crippen LogP) is 3.15. The Bertz CT molecular complexity index is 823. The minimum Gasteiger partial charge on any atom is -0.487 e. The highest BCUT2D eigenvalue weighted by Gasteiger charge is 2.55. The molecule has 0 amide bonds. The third kappa shape index (κ3) is 3.84. The Morgan fingerprint density at radius 3 is 2.64 bits per heavy atom. The van der Waals surface area contributed by atoms with E-state index in [1.165, 1.54) is 12.3 Å². The standard InChI is InChI=1S/C19H21F3N2O4/c1-2-27-18(26)15(25)19(8-9-19)13-5-3-4-6-14(13)28-11-12-7-10-23-24(12)17(22)16(20)21/h3-7,10,15-17,25H,2,8-9,11H2,1H3. The summed E-state index contributed by atoms with van der Waals surface area (Å²) >= 11 is 0. The van der Waals surface area contributed by atoms with E-state index in [2.05, 4.69) is 5.10 Å². The van der Waals surface area contributed by atoms with Crippen LogP contribution in [0.2, 0.25) is 0 Å². The smallest absolute Gasteiger partial charge is 0.335 e. The number of carbonyl (C=O) groups excluding carboxylic acids is 1. The molecule has 1 aliphatic rings. The van der Waals surface area contributed by atoms with Gasteiger partial charge < -0.3 is 14.6 Å². The van der Waals surface area contributed by atoms with E-state index in [1.807, 2.05) is 0 Å². The third-order valence-electron chi connectivity index (χ3n) is 4.81. The van der Waals surface area contributed by atoms with Gasteiger partial charge in [-0.05, 0) is 31.9 Å². The van der Waals surface area contributed by atoms with Crippen LogP contribution in [-0.4, -0.2) is 40.0 Å². The summed E-state index contributed by atoms with van der Waals surface area (Å²) in [4.78, 5) is 12.0. The lowest BCUT2D eigenvalue weighted by atomic mass is 9.89. The maximum absolute atomic E-state index is 13.6. The van der Waals surface area contributed by atoms with Crippen LogP contribution in [0, 0.1) is 0 Å². The molecular weight excluding hydrogens is 377 g/mol. The van der Waals surface area contributed by atoms with Crippen molar-refractivity contribution in [2.75, 3.05) is 6.61 Å². The largest absolute Gasteiger partial charge is 0.487 e. The first kappa shape index (κ1) is 20.2. The molecule has 152 valence electrons. The molecule has 1 aromatic heterocycles. The first-order chi connectivity index (χ1) is 13.4. The summed E-state index contributed by atoms with van der Waals surface area (Å²) in [5.74, 6) is -0.325. The molecule has 1 aromatic carbocycles. The highest BCUT2D eigenvalue weighted by atomic mass is 19.3. The number of hydrogen-bond acceptors (Lipinski definition) is 5. The van der Waals surface area contributed by atoms with Crippen LogP contribution in [0.15, 0.2) is 36.5 Å². The summed E-state index contributed by atoms with van der Waals surface area (Å²) in [7, 11) is 0. The minimum atomic E-state index is -3.21. The SMILES string of the molecule is CCOC(=O)C(O)C1(c2ccccc2OCc2ccnn2C(F)C(F)F)CC1. The van der Waals surface area contributed by atoms with E-state index >= 15 is 0 Å². The number of benzene rings is 1. The summed E-state index contributed by atoms with van der Waals surface area (Å²) in [6, 6.07) is 8.23. The number of halogens is 3. The second-order valence-electron chi connectivity index (χ2n) is 6.57. The second-order valence-corrected chi connectivity index (χ2v) is 6.57. The molecule has 0 bridgehead atoms. The van der Waals surface area contributed by atoms with Crippen molar-refractivity contribution in [1.29, 1.82) is 0 Å². The summed E-state index contributed by atoms with van der Waals surface area (Å²) in [5.41, 5.74) is -0.0556. The van der Waals surface area contributed by atoms with Crippen molar-refractivity contribution < 1.29 is 32.5 Å². The molecule has 3 rings (SSSR count). The van der Waals surface area contributed by atoms with Gasteiger partial charge in [-0.3, -0.25) is 0 Å². The van der Waals surface area contributed by atoms with E-state index in [9.17, 15) is 23.1 Å². The molecule has 9 heteroatoms. The van der Waals surface area contributed by atoms with Crippen LogP contribution >= 0.6 is 0 Å². The van der Waals surface area contributed by atoms with Gasteiger partial charge in [0.05, 0.1) is 12.3 Å². The van der Waals surface area contributed by atoms with Gasteiger partial charge in [-0.1, -0.05) is 18.2 Å². The zero-order valence-electron chi connectivity index (χ0n) is 15.2. The minimum absolute atomic E-state index is 0.137. The lowest BCUT2D eigenvalue weighted by Gasteiger charge is -2.23. The van der Waals surface area contributed by atoms with E-state index in [-0.39, 0.29) is 18.9 Å². The normalized spacial score (nSPS) is 17.2. The molecule has 1 fully saturated rings. The molecule has 2 unspecified atom stereocenters. The monoisotopic (exact) mass is 398 g/mol. The fraction of sp³-hybridized carbons (Fsp3) is 0.474. The molecular formula is C19H21F3N2O4. The number of aliphatic hydroxyl groups excluding tert-OH is 1. The maximum Gasteiger partial charge on any atom is 0.335 e. The van der Waals surface area contributed by atoms with Gasteiger partial charge in [0.15, 0.2) is 6.10 Å². The lowest BCUT2D eigenvalue weighted by molar-refractivity contribution is -0.155. The quantitative estimate of drug-likeness (QED) is 0.657. The van der Waals surface area contributed by atoms with Crippen molar-refractivity contribution in [3.63, 3.8) is 0 Å². The lowest BCUT2D eigenvalue weighted by Crippen LogP contribution is -2.35. The van der Waals surface area contributed by atoms with Crippen molar-refractivity contribution >= 4 is 5.97 Å². The molecule has 2 atom stereocenters. The van der Waals surface area contributed by atoms with E-state index in [4.69, 9.17) is 9.47 Å². The Labute approximate surface area is 159 Å². The zero-order valence-corrected chi connectivity index (χ0v) is 15.2. The van der Waals surface area contributed by atoms with E-state index in [0.29, 0.717) is 28.8 Å². The van der Waals surface area contributed by atoms with Crippen LogP contribution in [0.4, 0.5) is 13.2 Å². The van der Waals surface area contributed by atoms with Crippen LogP contribution < -0.4 is 4.74 Å². The number of para-hydroxylation sites is 1. The van der Waals surface area contributed by atoms with Gasteiger partial charge in [-0.15, -0.1) is 0 Å². The Kier molecular flexibility index (Phi) is 5.93. The topological polar surface area (TPSA) is 73.6 Å². The number of carbonyl (C=O) groups is 1. The molecule has 0 aliphatic heterocycles. The highest BCUT2D eigenvalue weighted by Crippen LogP contribution is 2.54. The van der Waals surface area contributed by atoms with Crippen LogP contribution in [0.25, 0.3) is 0 Å². The molecule has 1 N–H and O–H groups in total. The first-order valence-electron chi connectivity index (χ1n) is 8.92. The second kappa shape index (κ2) is 8.22. The van der Waals surface area contributed by atoms with Gasteiger partial charge in [0.25, 0.3) is 12.7 Å². The molecule has 6 nitrogen and oxygen atoms in total. The molecule has 1 heterocycles. The molecule has 2 aromatic rings. The number of aromatic nitrogens is 2. The fourth-order valence-electron chi connectivity index (χ4n) is 3.21. The Hall–Kier alpha value is -2.55. The van der Waals surface area contributed by atoms with Crippen molar-refractivity contribution in [1.82, 2.24) is 9.78 Å². The van der Waals surface area contributed by atoms with Gasteiger partial charge in [-0.2, -0.15) is 5.10 Å². The van der Waals surface area contributed by atoms with E-state index < -0.39 is 30.2 Å². The summed E-state index contributed by atoms with van der Waals surface area (Å²) in [5, 5.41) is 14.1. The average molecular weight is 398 g/mol. The van der Waals surface area contributed by atoms with Gasteiger partial charge >= 0.3 is 5.97 Å². The van der Waals surface area contributed by atoms with Crippen LogP contribution in [0.3, 0.4) is 0 Å². The molecule has 0 saturated heterocycles. The van der Waals surface area contributed by atoms with Crippen LogP contribution in [-0.2, 0) is 21.6 Å². The molecule has 1 saturated carbocycles. The number of nitrogens with zero attached hydrogens (tertiary/aromatic N) is 2. The Balaban J connectivity index is 1.79. The third-order valence-corrected chi connectivity index (χ3v) is 4.81. The van der Waals surface area contributed by atoms with Gasteiger partial charge in [-0.25, -0.2) is 22.6 Å². The fourth-order valence-corrected chi connectivity index (χ4v) is 3.21. The number of rotatable bonds is 9. The van der Waals surface area contributed by atoms with E-state index in [0.717, 1.165) is 0 Å². The van der Waals surface area contributed by atoms with Gasteiger partial charge in [0.2, 0.25) is 0 Å². The first-order valence-corrected chi connectivity index (χ1v) is 8.92. The van der Waals surface area contributed by atoms with Crippen LogP contribution in [0.1, 0.15) is 37.3 Å². The molecule has 0 radical (unpaired) electrons. The summed E-state index contributed by atoms with van der Waals surface area (Å²) < 4.78 is 50.1. The average Bonchev–Trinajstić information content (AvgIpc) is 3.36. The zero-order chi connectivity index (χ0) is 20.3. The molecule has 1 aliphatic carbocycles. The highest BCUT2D eigenvalue weighted by molar-refractivity contribution is 5.78. The van der Waals surface area contributed by atoms with Crippen molar-refractivity contribution in [2.45, 2.75) is 50.6 Å². The van der Waals surface area contributed by atoms with E-state index in [1.54, 1.807) is 31.2 Å². The van der Waals surface area contributed by atoms with Crippen LogP contribution in [0.5, 0.6) is 5.75 Å². The summed E-state index contributed by atoms with van der Waals surface area (Å²) in [6.07, 6.45) is -4.75. The maximum atomic E-state index is 13.6. The van der Waals surface area contributed by atoms with Crippen molar-refractivity contribution in [3.8, 4) is 5.75 Å². The number of hydrogen-bond donors (Lipinski definition) is 1.